The van der Waals surface area contributed by atoms with Crippen molar-refractivity contribution in [3.63, 3.8) is 0 Å². The molecule has 1 aliphatic rings. The van der Waals surface area contributed by atoms with E-state index < -0.39 is 17.7 Å². The minimum absolute atomic E-state index is 0.105. The molecule has 2 aromatic carbocycles. The van der Waals surface area contributed by atoms with Crippen molar-refractivity contribution in [3.8, 4) is 11.3 Å². The second kappa shape index (κ2) is 9.05. The molecule has 1 aromatic heterocycles. The predicted molar refractivity (Wildman–Crippen MR) is 116 cm³/mol. The molecule has 0 aliphatic carbocycles. The van der Waals surface area contributed by atoms with E-state index in [1.807, 2.05) is 24.3 Å². The summed E-state index contributed by atoms with van der Waals surface area (Å²) in [5, 5.41) is 13.6. The van der Waals surface area contributed by atoms with Crippen LogP contribution in [0.15, 0.2) is 54.6 Å². The molecule has 4 rings (SSSR count). The van der Waals surface area contributed by atoms with E-state index in [9.17, 15) is 13.6 Å². The lowest BCUT2D eigenvalue weighted by molar-refractivity contribution is 0.262. The Hall–Kier alpha value is -3.59. The van der Waals surface area contributed by atoms with Crippen LogP contribution in [0.25, 0.3) is 11.3 Å². The number of likely N-dealkylation sites (N-methyl/N-ethyl adjacent to an activating group) is 1. The number of carbonyl (C=O) groups excluding carboxylic acids is 1. The Morgan fingerprint density at radius 2 is 1.65 bits per heavy atom. The zero-order valence-corrected chi connectivity index (χ0v) is 17.0. The lowest BCUT2D eigenvalue weighted by atomic mass is 10.1. The van der Waals surface area contributed by atoms with Crippen LogP contribution in [-0.2, 0) is 0 Å². The van der Waals surface area contributed by atoms with Gasteiger partial charge < -0.3 is 20.4 Å². The minimum Gasteiger partial charge on any atom is -0.353 e. The molecular formula is C22H22F2N6O. The number of amides is 2. The van der Waals surface area contributed by atoms with Crippen LogP contribution < -0.4 is 15.5 Å². The zero-order chi connectivity index (χ0) is 21.8. The Morgan fingerprint density at radius 3 is 2.29 bits per heavy atom. The van der Waals surface area contributed by atoms with Crippen molar-refractivity contribution in [2.24, 2.45) is 0 Å². The van der Waals surface area contributed by atoms with Crippen LogP contribution >= 0.6 is 0 Å². The quantitative estimate of drug-likeness (QED) is 0.666. The first-order chi connectivity index (χ1) is 15.0. The minimum atomic E-state index is -0.843. The molecule has 1 fully saturated rings. The maximum absolute atomic E-state index is 13.7. The van der Waals surface area contributed by atoms with Crippen molar-refractivity contribution in [1.82, 2.24) is 15.1 Å². The number of halogens is 2. The van der Waals surface area contributed by atoms with E-state index in [0.29, 0.717) is 11.8 Å². The van der Waals surface area contributed by atoms with Gasteiger partial charge in [-0.25, -0.2) is 13.6 Å². The summed E-state index contributed by atoms with van der Waals surface area (Å²) in [6.07, 6.45) is 0. The monoisotopic (exact) mass is 424 g/mol. The van der Waals surface area contributed by atoms with Crippen molar-refractivity contribution >= 4 is 23.2 Å². The smallest absolute Gasteiger partial charge is 0.323 e. The highest BCUT2D eigenvalue weighted by Crippen LogP contribution is 2.22. The third-order valence-corrected chi connectivity index (χ3v) is 5.10. The molecule has 0 spiro atoms. The number of nitrogens with zero attached hydrogens (tertiary/aromatic N) is 4. The number of anilines is 3. The Balaban J connectivity index is 1.37. The van der Waals surface area contributed by atoms with Crippen LogP contribution in [0.4, 0.5) is 30.8 Å². The summed E-state index contributed by atoms with van der Waals surface area (Å²) >= 11 is 0. The van der Waals surface area contributed by atoms with Gasteiger partial charge in [0.15, 0.2) is 5.82 Å². The molecule has 160 valence electrons. The summed E-state index contributed by atoms with van der Waals surface area (Å²) in [7, 11) is 2.11. The molecule has 0 bridgehead atoms. The molecule has 1 saturated heterocycles. The van der Waals surface area contributed by atoms with Gasteiger partial charge in [-0.3, -0.25) is 0 Å². The average molecular weight is 424 g/mol. The van der Waals surface area contributed by atoms with Crippen LogP contribution in [0.5, 0.6) is 0 Å². The van der Waals surface area contributed by atoms with Gasteiger partial charge >= 0.3 is 6.03 Å². The highest BCUT2D eigenvalue weighted by atomic mass is 19.1. The van der Waals surface area contributed by atoms with Gasteiger partial charge in [-0.15, -0.1) is 10.2 Å². The lowest BCUT2D eigenvalue weighted by Crippen LogP contribution is -2.44. The van der Waals surface area contributed by atoms with Gasteiger partial charge in [0.05, 0.1) is 11.4 Å². The van der Waals surface area contributed by atoms with Gasteiger partial charge in [0.1, 0.15) is 11.6 Å². The molecule has 2 heterocycles. The van der Waals surface area contributed by atoms with Gasteiger partial charge in [0.25, 0.3) is 0 Å². The Bertz CT molecular complexity index is 1050. The topological polar surface area (TPSA) is 73.4 Å². The average Bonchev–Trinajstić information content (AvgIpc) is 2.77. The third-order valence-electron chi connectivity index (χ3n) is 5.10. The van der Waals surface area contributed by atoms with Gasteiger partial charge in [-0.05, 0) is 43.4 Å². The number of piperazine rings is 1. The van der Waals surface area contributed by atoms with Crippen molar-refractivity contribution in [2.75, 3.05) is 48.8 Å². The Morgan fingerprint density at radius 1 is 0.903 bits per heavy atom. The number of hydrogen-bond acceptors (Lipinski definition) is 5. The zero-order valence-electron chi connectivity index (χ0n) is 17.0. The van der Waals surface area contributed by atoms with Crippen LogP contribution in [0, 0.1) is 11.6 Å². The molecule has 3 aromatic rings. The highest BCUT2D eigenvalue weighted by Gasteiger charge is 2.15. The normalized spacial score (nSPS) is 14.4. The van der Waals surface area contributed by atoms with Crippen LogP contribution in [0.1, 0.15) is 0 Å². The second-order valence-corrected chi connectivity index (χ2v) is 7.35. The summed E-state index contributed by atoms with van der Waals surface area (Å²) in [5.41, 5.74) is 1.99. The summed E-state index contributed by atoms with van der Waals surface area (Å²) in [5.74, 6) is -0.692. The molecule has 0 atom stereocenters. The summed E-state index contributed by atoms with van der Waals surface area (Å²) < 4.78 is 26.6. The van der Waals surface area contributed by atoms with E-state index in [4.69, 9.17) is 0 Å². The van der Waals surface area contributed by atoms with Crippen LogP contribution in [0.3, 0.4) is 0 Å². The molecule has 7 nitrogen and oxygen atoms in total. The van der Waals surface area contributed by atoms with E-state index in [2.05, 4.69) is 37.7 Å². The molecule has 0 saturated carbocycles. The number of aromatic nitrogens is 2. The first-order valence-corrected chi connectivity index (χ1v) is 9.89. The van der Waals surface area contributed by atoms with E-state index in [0.717, 1.165) is 55.4 Å². The first kappa shape index (κ1) is 20.7. The van der Waals surface area contributed by atoms with Gasteiger partial charge in [0, 0.05) is 43.5 Å². The fraction of sp³-hybridized carbons (Fsp3) is 0.227. The number of carbonyl (C=O) groups is 1. The van der Waals surface area contributed by atoms with E-state index in [-0.39, 0.29) is 5.69 Å². The van der Waals surface area contributed by atoms with Crippen molar-refractivity contribution < 1.29 is 13.6 Å². The summed E-state index contributed by atoms with van der Waals surface area (Å²) in [6.45, 7) is 3.85. The molecule has 0 unspecified atom stereocenters. The Kier molecular flexibility index (Phi) is 6.03. The van der Waals surface area contributed by atoms with Gasteiger partial charge in [-0.2, -0.15) is 0 Å². The predicted octanol–water partition coefficient (Wildman–Crippen LogP) is 3.82. The van der Waals surface area contributed by atoms with Gasteiger partial charge in [0.2, 0.25) is 0 Å². The standard InChI is InChI=1S/C22H22F2N6O/c1-29-10-12-30(13-11-29)21-9-8-19(27-28-21)15-2-5-17(6-3-15)25-22(31)26-20-7-4-16(23)14-18(20)24/h2-9,14H,10-13H2,1H3,(H2,25,26,31). The van der Waals surface area contributed by atoms with Crippen molar-refractivity contribution in [1.29, 1.82) is 0 Å². The number of benzene rings is 2. The molecule has 0 radical (unpaired) electrons. The number of urea groups is 1. The molecule has 2 N–H and O–H groups in total. The third kappa shape index (κ3) is 5.13. The van der Waals surface area contributed by atoms with Gasteiger partial charge in [-0.1, -0.05) is 12.1 Å². The highest BCUT2D eigenvalue weighted by molar-refractivity contribution is 5.99. The van der Waals surface area contributed by atoms with E-state index >= 15 is 0 Å². The largest absolute Gasteiger partial charge is 0.353 e. The maximum atomic E-state index is 13.7. The van der Waals surface area contributed by atoms with Crippen molar-refractivity contribution in [2.45, 2.75) is 0 Å². The number of hydrogen-bond donors (Lipinski definition) is 2. The fourth-order valence-electron chi connectivity index (χ4n) is 3.28. The van der Waals surface area contributed by atoms with E-state index in [1.54, 1.807) is 12.1 Å². The molecule has 31 heavy (non-hydrogen) atoms. The number of nitrogens with one attached hydrogen (secondary N) is 2. The molecule has 9 heteroatoms. The fourth-order valence-corrected chi connectivity index (χ4v) is 3.28. The second-order valence-electron chi connectivity index (χ2n) is 7.35. The number of rotatable bonds is 4. The van der Waals surface area contributed by atoms with Crippen LogP contribution in [0.2, 0.25) is 0 Å². The first-order valence-electron chi connectivity index (χ1n) is 9.89. The maximum Gasteiger partial charge on any atom is 0.323 e. The lowest BCUT2D eigenvalue weighted by Gasteiger charge is -2.32. The van der Waals surface area contributed by atoms with E-state index in [1.165, 1.54) is 0 Å². The molecule has 2 amide bonds. The van der Waals surface area contributed by atoms with Crippen molar-refractivity contribution in [3.05, 3.63) is 66.2 Å². The summed E-state index contributed by atoms with van der Waals surface area (Å²) in [4.78, 5) is 16.6. The Labute approximate surface area is 178 Å². The molecule has 1 aliphatic heterocycles. The molecular weight excluding hydrogens is 402 g/mol. The van der Waals surface area contributed by atoms with Crippen LogP contribution in [-0.4, -0.2) is 54.4 Å². The summed E-state index contributed by atoms with van der Waals surface area (Å²) in [6, 6.07) is 13.3. The SMILES string of the molecule is CN1CCN(c2ccc(-c3ccc(NC(=O)Nc4ccc(F)cc4F)cc3)nn2)CC1.